The lowest BCUT2D eigenvalue weighted by atomic mass is 10.2. The van der Waals surface area contributed by atoms with Crippen LogP contribution in [-0.2, 0) is 0 Å². The smallest absolute Gasteiger partial charge is 0.337 e. The van der Waals surface area contributed by atoms with Crippen molar-refractivity contribution in [1.29, 1.82) is 0 Å². The summed E-state index contributed by atoms with van der Waals surface area (Å²) in [6.45, 7) is 0. The molecule has 0 unspecified atom stereocenters. The Hall–Kier alpha value is -2.28. The van der Waals surface area contributed by atoms with Gasteiger partial charge in [-0.2, -0.15) is 0 Å². The summed E-state index contributed by atoms with van der Waals surface area (Å²) in [7, 11) is 0. The summed E-state index contributed by atoms with van der Waals surface area (Å²) in [6.07, 6.45) is 2.73. The van der Waals surface area contributed by atoms with Crippen molar-refractivity contribution in [2.24, 2.45) is 0 Å². The maximum atomic E-state index is 11.9. The van der Waals surface area contributed by atoms with Gasteiger partial charge in [0.1, 0.15) is 10.4 Å². The maximum Gasteiger partial charge on any atom is 0.337 e. The van der Waals surface area contributed by atoms with Crippen molar-refractivity contribution in [2.75, 3.05) is 5.32 Å². The summed E-state index contributed by atoms with van der Waals surface area (Å²) >= 11 is 3.17. The van der Waals surface area contributed by atoms with E-state index in [9.17, 15) is 9.59 Å². The van der Waals surface area contributed by atoms with Crippen molar-refractivity contribution in [1.82, 2.24) is 9.97 Å². The Morgan fingerprint density at radius 1 is 1.21 bits per heavy atom. The zero-order chi connectivity index (χ0) is 13.8. The van der Waals surface area contributed by atoms with Crippen molar-refractivity contribution in [3.63, 3.8) is 0 Å². The molecule has 0 aromatic carbocycles. The third kappa shape index (κ3) is 3.14. The van der Waals surface area contributed by atoms with E-state index in [2.05, 4.69) is 31.2 Å². The van der Waals surface area contributed by atoms with Crippen molar-refractivity contribution in [3.05, 3.63) is 52.4 Å². The Balaban J connectivity index is 2.15. The Morgan fingerprint density at radius 2 is 2.00 bits per heavy atom. The molecule has 19 heavy (non-hydrogen) atoms. The van der Waals surface area contributed by atoms with E-state index in [1.54, 1.807) is 18.3 Å². The number of anilines is 1. The second kappa shape index (κ2) is 5.57. The molecule has 0 saturated heterocycles. The van der Waals surface area contributed by atoms with Gasteiger partial charge in [-0.15, -0.1) is 0 Å². The van der Waals surface area contributed by atoms with Crippen LogP contribution in [0.3, 0.4) is 0 Å². The lowest BCUT2D eigenvalue weighted by Crippen LogP contribution is -2.14. The molecule has 2 rings (SSSR count). The second-order valence-electron chi connectivity index (χ2n) is 3.53. The van der Waals surface area contributed by atoms with Crippen LogP contribution >= 0.6 is 15.9 Å². The van der Waals surface area contributed by atoms with E-state index in [0.717, 1.165) is 0 Å². The number of halogens is 1. The van der Waals surface area contributed by atoms with Gasteiger partial charge >= 0.3 is 5.97 Å². The van der Waals surface area contributed by atoms with E-state index >= 15 is 0 Å². The molecule has 0 fully saturated rings. The van der Waals surface area contributed by atoms with Crippen LogP contribution in [0.15, 0.2) is 41.3 Å². The fourth-order valence-corrected chi connectivity index (χ4v) is 1.76. The molecule has 0 radical (unpaired) electrons. The van der Waals surface area contributed by atoms with E-state index in [-0.39, 0.29) is 17.3 Å². The van der Waals surface area contributed by atoms with Crippen LogP contribution in [0.4, 0.5) is 5.82 Å². The van der Waals surface area contributed by atoms with Crippen molar-refractivity contribution < 1.29 is 14.7 Å². The normalized spacial score (nSPS) is 9.95. The van der Waals surface area contributed by atoms with Gasteiger partial charge < -0.3 is 10.4 Å². The highest BCUT2D eigenvalue weighted by atomic mass is 79.9. The Labute approximate surface area is 116 Å². The third-order valence-electron chi connectivity index (χ3n) is 2.26. The standard InChI is InChI=1S/C12H8BrN3O3/c13-10-8(2-1-5-14-10)11(17)16-9-4-3-7(6-15-9)12(18)19/h1-6H,(H,18,19)(H,15,16,17). The summed E-state index contributed by atoms with van der Waals surface area (Å²) in [5, 5.41) is 11.3. The Bertz CT molecular complexity index is 628. The number of nitrogens with zero attached hydrogens (tertiary/aromatic N) is 2. The van der Waals surface area contributed by atoms with Gasteiger partial charge in [0, 0.05) is 12.4 Å². The SMILES string of the molecule is O=C(O)c1ccc(NC(=O)c2cccnc2Br)nc1. The first-order valence-corrected chi connectivity index (χ1v) is 5.98. The van der Waals surface area contributed by atoms with Crippen LogP contribution in [0, 0.1) is 0 Å². The van der Waals surface area contributed by atoms with Gasteiger partial charge in [0.2, 0.25) is 0 Å². The number of hydrogen-bond donors (Lipinski definition) is 2. The number of carboxylic acids is 1. The fourth-order valence-electron chi connectivity index (χ4n) is 1.33. The molecule has 2 aromatic heterocycles. The van der Waals surface area contributed by atoms with Gasteiger partial charge in [-0.25, -0.2) is 14.8 Å². The van der Waals surface area contributed by atoms with E-state index in [1.165, 1.54) is 18.3 Å². The number of carbonyl (C=O) groups is 2. The average molecular weight is 322 g/mol. The minimum absolute atomic E-state index is 0.0561. The van der Waals surface area contributed by atoms with Gasteiger partial charge in [0.15, 0.2) is 0 Å². The number of pyridine rings is 2. The van der Waals surface area contributed by atoms with Gasteiger partial charge in [0.05, 0.1) is 11.1 Å². The third-order valence-corrected chi connectivity index (χ3v) is 2.89. The van der Waals surface area contributed by atoms with Crippen LogP contribution in [0.1, 0.15) is 20.7 Å². The zero-order valence-electron chi connectivity index (χ0n) is 9.50. The summed E-state index contributed by atoms with van der Waals surface area (Å²) in [5.74, 6) is -1.18. The van der Waals surface area contributed by atoms with Crippen molar-refractivity contribution in [2.45, 2.75) is 0 Å². The topological polar surface area (TPSA) is 92.2 Å². The van der Waals surface area contributed by atoms with Crippen LogP contribution in [0.25, 0.3) is 0 Å². The average Bonchev–Trinajstić information content (AvgIpc) is 2.39. The minimum Gasteiger partial charge on any atom is -0.478 e. The molecule has 0 bridgehead atoms. The molecule has 1 amide bonds. The first kappa shape index (κ1) is 13.2. The lowest BCUT2D eigenvalue weighted by molar-refractivity contribution is 0.0696. The Kier molecular flexibility index (Phi) is 3.86. The van der Waals surface area contributed by atoms with Crippen LogP contribution in [0.5, 0.6) is 0 Å². The van der Waals surface area contributed by atoms with Gasteiger partial charge in [-0.05, 0) is 40.2 Å². The summed E-state index contributed by atoms with van der Waals surface area (Å²) in [4.78, 5) is 30.4. The van der Waals surface area contributed by atoms with E-state index < -0.39 is 5.97 Å². The maximum absolute atomic E-state index is 11.9. The van der Waals surface area contributed by atoms with Crippen LogP contribution in [-0.4, -0.2) is 27.0 Å². The molecule has 7 heteroatoms. The van der Waals surface area contributed by atoms with E-state index in [1.807, 2.05) is 0 Å². The molecule has 0 atom stereocenters. The molecule has 0 spiro atoms. The molecular formula is C12H8BrN3O3. The summed E-state index contributed by atoms with van der Waals surface area (Å²) in [6, 6.07) is 6.04. The number of aromatic carboxylic acids is 1. The fraction of sp³-hybridized carbons (Fsp3) is 0. The van der Waals surface area contributed by atoms with Crippen LogP contribution in [0.2, 0.25) is 0 Å². The quantitative estimate of drug-likeness (QED) is 0.845. The highest BCUT2D eigenvalue weighted by Gasteiger charge is 2.11. The molecule has 2 heterocycles. The number of carbonyl (C=O) groups excluding carboxylic acids is 1. The van der Waals surface area contributed by atoms with Crippen molar-refractivity contribution >= 4 is 33.6 Å². The largest absolute Gasteiger partial charge is 0.478 e. The molecule has 0 aliphatic carbocycles. The molecular weight excluding hydrogens is 314 g/mol. The molecule has 0 aliphatic heterocycles. The monoisotopic (exact) mass is 321 g/mol. The van der Waals surface area contributed by atoms with Gasteiger partial charge in [-0.3, -0.25) is 4.79 Å². The molecule has 0 saturated carbocycles. The summed E-state index contributed by atoms with van der Waals surface area (Å²) < 4.78 is 0.426. The molecule has 2 N–H and O–H groups in total. The first-order chi connectivity index (χ1) is 9.08. The van der Waals surface area contributed by atoms with E-state index in [4.69, 9.17) is 5.11 Å². The molecule has 96 valence electrons. The number of carboxylic acid groups (broad SMARTS) is 1. The zero-order valence-corrected chi connectivity index (χ0v) is 11.1. The number of amides is 1. The molecule has 6 nitrogen and oxygen atoms in total. The number of rotatable bonds is 3. The van der Waals surface area contributed by atoms with E-state index in [0.29, 0.717) is 10.2 Å². The molecule has 0 aliphatic rings. The number of aromatic nitrogens is 2. The minimum atomic E-state index is -1.07. The Morgan fingerprint density at radius 3 is 2.58 bits per heavy atom. The molecule has 2 aromatic rings. The second-order valence-corrected chi connectivity index (χ2v) is 4.28. The number of nitrogens with one attached hydrogen (secondary N) is 1. The predicted molar refractivity (Wildman–Crippen MR) is 71.1 cm³/mol. The predicted octanol–water partition coefficient (Wildman–Crippen LogP) is 2.19. The van der Waals surface area contributed by atoms with Crippen LogP contribution < -0.4 is 5.32 Å². The first-order valence-electron chi connectivity index (χ1n) is 5.19. The lowest BCUT2D eigenvalue weighted by Gasteiger charge is -2.05. The van der Waals surface area contributed by atoms with Crippen molar-refractivity contribution in [3.8, 4) is 0 Å². The number of hydrogen-bond acceptors (Lipinski definition) is 4. The van der Waals surface area contributed by atoms with Gasteiger partial charge in [-0.1, -0.05) is 0 Å². The highest BCUT2D eigenvalue weighted by Crippen LogP contribution is 2.14. The van der Waals surface area contributed by atoms with Gasteiger partial charge in [0.25, 0.3) is 5.91 Å². The highest BCUT2D eigenvalue weighted by molar-refractivity contribution is 9.10. The summed E-state index contributed by atoms with van der Waals surface area (Å²) in [5.41, 5.74) is 0.423.